The van der Waals surface area contributed by atoms with E-state index in [-0.39, 0.29) is 24.4 Å². The van der Waals surface area contributed by atoms with Gasteiger partial charge in [0.25, 0.3) is 0 Å². The minimum atomic E-state index is -0.709. The van der Waals surface area contributed by atoms with Crippen LogP contribution in [0.25, 0.3) is 0 Å². The van der Waals surface area contributed by atoms with E-state index in [1.807, 2.05) is 4.90 Å². The molecule has 3 heterocycles. The van der Waals surface area contributed by atoms with E-state index in [0.717, 1.165) is 13.1 Å². The zero-order chi connectivity index (χ0) is 18.5. The number of hydrogen-bond donors (Lipinski definition) is 1. The van der Waals surface area contributed by atoms with Gasteiger partial charge in [0.05, 0.1) is 24.5 Å². The van der Waals surface area contributed by atoms with Crippen molar-refractivity contribution in [2.24, 2.45) is 5.41 Å². The molecule has 3 saturated heterocycles. The number of halogens is 1. The van der Waals surface area contributed by atoms with E-state index in [4.69, 9.17) is 4.74 Å². The summed E-state index contributed by atoms with van der Waals surface area (Å²) in [6.07, 6.45) is -1.00. The fourth-order valence-corrected chi connectivity index (χ4v) is 5.42. The van der Waals surface area contributed by atoms with Crippen LogP contribution in [0.1, 0.15) is 6.92 Å². The molecule has 1 aromatic rings. The van der Waals surface area contributed by atoms with Gasteiger partial charge in [0.15, 0.2) is 0 Å². The number of benzene rings is 1. The molecule has 0 aliphatic carbocycles. The number of amides is 2. The quantitative estimate of drug-likeness (QED) is 0.837. The maximum absolute atomic E-state index is 14.6. The molecule has 2 amide bonds. The van der Waals surface area contributed by atoms with Crippen LogP contribution in [0.15, 0.2) is 18.2 Å². The minimum absolute atomic E-state index is 0.103. The number of hydrogen-bond acceptors (Lipinski definition) is 5. The van der Waals surface area contributed by atoms with Crippen LogP contribution in [0, 0.1) is 11.2 Å². The Labute approximate surface area is 152 Å². The number of nitrogens with one attached hydrogen (secondary N) is 1. The molecule has 26 heavy (non-hydrogen) atoms. The summed E-state index contributed by atoms with van der Waals surface area (Å²) in [5.41, 5.74) is 1.03. The molecule has 0 bridgehead atoms. The van der Waals surface area contributed by atoms with Crippen molar-refractivity contribution in [3.8, 4) is 0 Å². The Hall–Kier alpha value is -2.16. The lowest BCUT2D eigenvalue weighted by atomic mass is 9.82. The number of cyclic esters (lactones) is 1. The van der Waals surface area contributed by atoms with E-state index in [2.05, 4.69) is 5.32 Å². The predicted molar refractivity (Wildman–Crippen MR) is 95.2 cm³/mol. The molecule has 9 heteroatoms. The summed E-state index contributed by atoms with van der Waals surface area (Å²) < 4.78 is 31.1. The summed E-state index contributed by atoms with van der Waals surface area (Å²) in [4.78, 5) is 26.3. The first-order chi connectivity index (χ1) is 12.3. The van der Waals surface area contributed by atoms with Crippen LogP contribution in [-0.4, -0.2) is 60.0 Å². The second kappa shape index (κ2) is 6.22. The second-order valence-electron chi connectivity index (χ2n) is 7.27. The number of anilines is 2. The average Bonchev–Trinajstić information content (AvgIpc) is 2.89. The zero-order valence-electron chi connectivity index (χ0n) is 14.4. The van der Waals surface area contributed by atoms with Crippen molar-refractivity contribution < 1.29 is 22.9 Å². The second-order valence-corrected chi connectivity index (χ2v) is 8.73. The molecule has 1 aromatic carbocycles. The summed E-state index contributed by atoms with van der Waals surface area (Å²) in [7, 11) is -0.709. The standard InChI is InChI=1S/C17H20FN3O4S/c1-11(22)19-5-13-6-21(16(23)25-13)12-2-3-15(14(18)4-12)20-7-17(8-20)9-26(24)10-17/h2-4,13H,5-10H2,1H3,(H,19,22). The van der Waals surface area contributed by atoms with E-state index in [1.54, 1.807) is 12.1 Å². The lowest BCUT2D eigenvalue weighted by molar-refractivity contribution is -0.119. The highest BCUT2D eigenvalue weighted by Gasteiger charge is 2.52. The van der Waals surface area contributed by atoms with Crippen LogP contribution in [0.3, 0.4) is 0 Å². The summed E-state index contributed by atoms with van der Waals surface area (Å²) in [5.74, 6) is 0.824. The molecule has 0 aromatic heterocycles. The highest BCUT2D eigenvalue weighted by atomic mass is 32.2. The van der Waals surface area contributed by atoms with Gasteiger partial charge in [0.2, 0.25) is 5.91 Å². The highest BCUT2D eigenvalue weighted by molar-refractivity contribution is 7.86. The first-order valence-electron chi connectivity index (χ1n) is 8.47. The molecule has 0 radical (unpaired) electrons. The van der Waals surface area contributed by atoms with Gasteiger partial charge < -0.3 is 15.0 Å². The maximum atomic E-state index is 14.6. The number of nitrogens with zero attached hydrogens (tertiary/aromatic N) is 2. The van der Waals surface area contributed by atoms with Crippen molar-refractivity contribution in [3.05, 3.63) is 24.0 Å². The topological polar surface area (TPSA) is 79.0 Å². The zero-order valence-corrected chi connectivity index (χ0v) is 15.2. The van der Waals surface area contributed by atoms with Gasteiger partial charge in [-0.25, -0.2) is 9.18 Å². The van der Waals surface area contributed by atoms with Crippen molar-refractivity contribution >= 4 is 34.2 Å². The summed E-state index contributed by atoms with van der Waals surface area (Å²) in [6, 6.07) is 4.70. The van der Waals surface area contributed by atoms with Crippen molar-refractivity contribution in [1.82, 2.24) is 5.32 Å². The van der Waals surface area contributed by atoms with E-state index in [1.165, 1.54) is 17.9 Å². The van der Waals surface area contributed by atoms with Gasteiger partial charge in [-0.2, -0.15) is 0 Å². The van der Waals surface area contributed by atoms with Gasteiger partial charge in [0.1, 0.15) is 11.9 Å². The molecule has 140 valence electrons. The van der Waals surface area contributed by atoms with E-state index in [0.29, 0.717) is 22.9 Å². The van der Waals surface area contributed by atoms with Crippen molar-refractivity contribution in [1.29, 1.82) is 0 Å². The number of rotatable bonds is 4. The van der Waals surface area contributed by atoms with E-state index in [9.17, 15) is 18.2 Å². The van der Waals surface area contributed by atoms with Gasteiger partial charge in [0, 0.05) is 47.7 Å². The van der Waals surface area contributed by atoms with Gasteiger partial charge in [-0.3, -0.25) is 13.9 Å². The van der Waals surface area contributed by atoms with Crippen LogP contribution < -0.4 is 15.1 Å². The number of carbonyl (C=O) groups excluding carboxylic acids is 2. The third-order valence-corrected chi connectivity index (χ3v) is 6.89. The smallest absolute Gasteiger partial charge is 0.414 e. The van der Waals surface area contributed by atoms with E-state index >= 15 is 0 Å². The van der Waals surface area contributed by atoms with Crippen molar-refractivity contribution in [3.63, 3.8) is 0 Å². The molecular weight excluding hydrogens is 361 g/mol. The molecule has 4 rings (SSSR count). The van der Waals surface area contributed by atoms with Crippen LogP contribution in [0.5, 0.6) is 0 Å². The lowest BCUT2D eigenvalue weighted by Crippen LogP contribution is -2.67. The summed E-state index contributed by atoms with van der Waals surface area (Å²) in [6.45, 7) is 3.33. The molecular formula is C17H20FN3O4S. The van der Waals surface area contributed by atoms with Crippen LogP contribution >= 0.6 is 0 Å². The largest absolute Gasteiger partial charge is 0.442 e. The number of carbonyl (C=O) groups is 2. The third kappa shape index (κ3) is 3.04. The van der Waals surface area contributed by atoms with Gasteiger partial charge in [-0.1, -0.05) is 0 Å². The molecule has 3 aliphatic heterocycles. The normalized spacial score (nSPS) is 24.2. The molecule has 3 aliphatic rings. The summed E-state index contributed by atoms with van der Waals surface area (Å²) in [5, 5.41) is 2.61. The Morgan fingerprint density at radius 3 is 2.77 bits per heavy atom. The first-order valence-corrected chi connectivity index (χ1v) is 9.96. The monoisotopic (exact) mass is 381 g/mol. The van der Waals surface area contributed by atoms with Crippen LogP contribution in [0.4, 0.5) is 20.6 Å². The van der Waals surface area contributed by atoms with E-state index < -0.39 is 28.8 Å². The molecule has 7 nitrogen and oxygen atoms in total. The van der Waals surface area contributed by atoms with Crippen molar-refractivity contribution in [2.75, 3.05) is 47.5 Å². The Balaban J connectivity index is 1.41. The van der Waals surface area contributed by atoms with Gasteiger partial charge in [-0.05, 0) is 18.2 Å². The molecule has 1 unspecified atom stereocenters. The predicted octanol–water partition coefficient (Wildman–Crippen LogP) is 0.856. The third-order valence-electron chi connectivity index (χ3n) is 5.02. The Kier molecular flexibility index (Phi) is 4.13. The van der Waals surface area contributed by atoms with Crippen molar-refractivity contribution in [2.45, 2.75) is 13.0 Å². The van der Waals surface area contributed by atoms with Crippen LogP contribution in [0.2, 0.25) is 0 Å². The molecule has 1 spiro atoms. The Morgan fingerprint density at radius 2 is 2.15 bits per heavy atom. The fraction of sp³-hybridized carbons (Fsp3) is 0.529. The van der Waals surface area contributed by atoms with Crippen LogP contribution in [-0.2, 0) is 20.3 Å². The summed E-state index contributed by atoms with van der Waals surface area (Å²) >= 11 is 0. The lowest BCUT2D eigenvalue weighted by Gasteiger charge is -2.55. The molecule has 1 atom stereocenters. The Bertz CT molecular complexity index is 786. The average molecular weight is 381 g/mol. The highest BCUT2D eigenvalue weighted by Crippen LogP contribution is 2.43. The van der Waals surface area contributed by atoms with Gasteiger partial charge >= 0.3 is 6.09 Å². The molecule has 0 saturated carbocycles. The fourth-order valence-electron chi connectivity index (χ4n) is 3.77. The molecule has 3 fully saturated rings. The number of ether oxygens (including phenoxy) is 1. The first kappa shape index (κ1) is 17.3. The Morgan fingerprint density at radius 1 is 1.42 bits per heavy atom. The SMILES string of the molecule is CC(=O)NCC1CN(c2ccc(N3CC4(C3)CS(=O)C4)c(F)c2)C(=O)O1. The maximum Gasteiger partial charge on any atom is 0.414 e. The molecule has 1 N–H and O–H groups in total. The minimum Gasteiger partial charge on any atom is -0.442 e. The van der Waals surface area contributed by atoms with Gasteiger partial charge in [-0.15, -0.1) is 0 Å².